The summed E-state index contributed by atoms with van der Waals surface area (Å²) < 4.78 is 29.1. The van der Waals surface area contributed by atoms with E-state index in [0.717, 1.165) is 26.1 Å². The predicted molar refractivity (Wildman–Crippen MR) is 88.9 cm³/mol. The number of hydrogen-bond acceptors (Lipinski definition) is 4. The fraction of sp³-hybridized carbons (Fsp3) is 0.667. The molecular formula is C15H26N4O3S. The average Bonchev–Trinajstić information content (AvgIpc) is 2.80. The average molecular weight is 342 g/mol. The number of carbonyl (C=O) groups excluding carboxylic acids is 1. The number of nitrogens with zero attached hydrogens (tertiary/aromatic N) is 3. The third-order valence-electron chi connectivity index (χ3n) is 4.36. The van der Waals surface area contributed by atoms with Crippen molar-refractivity contribution in [1.82, 2.24) is 19.1 Å². The molecule has 0 radical (unpaired) electrons. The first-order valence-electron chi connectivity index (χ1n) is 7.94. The Balaban J connectivity index is 2.32. The van der Waals surface area contributed by atoms with Gasteiger partial charge in [0.1, 0.15) is 10.6 Å². The van der Waals surface area contributed by atoms with Crippen LogP contribution >= 0.6 is 0 Å². The quantitative estimate of drug-likeness (QED) is 0.864. The van der Waals surface area contributed by atoms with E-state index in [1.54, 1.807) is 15.9 Å². The normalized spacial score (nSPS) is 21.1. The number of amides is 1. The molecule has 2 rings (SSSR count). The summed E-state index contributed by atoms with van der Waals surface area (Å²) in [6.45, 7) is 7.09. The van der Waals surface area contributed by atoms with Crippen molar-refractivity contribution >= 4 is 15.9 Å². The maximum Gasteiger partial charge on any atom is 0.267 e. The molecule has 1 N–H and O–H groups in total. The van der Waals surface area contributed by atoms with Crippen LogP contribution in [-0.2, 0) is 17.1 Å². The topological polar surface area (TPSA) is 74.7 Å². The number of carbonyl (C=O) groups is 1. The SMILES string of the molecule is CCN1CCCN(S(=O)(=O)c2cc(C(=O)NC)n(C)c2)C(C)C1. The first-order chi connectivity index (χ1) is 10.8. The van der Waals surface area contributed by atoms with E-state index in [9.17, 15) is 13.2 Å². The number of nitrogens with one attached hydrogen (secondary N) is 1. The molecule has 7 nitrogen and oxygen atoms in total. The summed E-state index contributed by atoms with van der Waals surface area (Å²) in [4.78, 5) is 14.2. The highest BCUT2D eigenvalue weighted by molar-refractivity contribution is 7.89. The van der Waals surface area contributed by atoms with Gasteiger partial charge in [-0.05, 0) is 32.5 Å². The van der Waals surface area contributed by atoms with Gasteiger partial charge in [-0.3, -0.25) is 4.79 Å². The summed E-state index contributed by atoms with van der Waals surface area (Å²) in [5, 5.41) is 2.52. The Kier molecular flexibility index (Phi) is 5.49. The second-order valence-corrected chi connectivity index (χ2v) is 7.85. The Labute approximate surface area is 138 Å². The molecule has 8 heteroatoms. The van der Waals surface area contributed by atoms with Gasteiger partial charge in [-0.1, -0.05) is 6.92 Å². The van der Waals surface area contributed by atoms with Crippen molar-refractivity contribution in [2.45, 2.75) is 31.2 Å². The lowest BCUT2D eigenvalue weighted by atomic mass is 10.3. The van der Waals surface area contributed by atoms with Gasteiger partial charge in [0.2, 0.25) is 10.0 Å². The van der Waals surface area contributed by atoms with Crippen LogP contribution in [0, 0.1) is 0 Å². The molecule has 1 amide bonds. The fourth-order valence-corrected chi connectivity index (χ4v) is 4.77. The van der Waals surface area contributed by atoms with Gasteiger partial charge in [0.05, 0.1) is 0 Å². The molecule has 1 aliphatic rings. The van der Waals surface area contributed by atoms with Gasteiger partial charge in [0.15, 0.2) is 0 Å². The molecule has 0 spiro atoms. The van der Waals surface area contributed by atoms with Crippen molar-refractivity contribution in [2.24, 2.45) is 7.05 Å². The Hall–Kier alpha value is -1.38. The van der Waals surface area contributed by atoms with Crippen molar-refractivity contribution in [3.63, 3.8) is 0 Å². The van der Waals surface area contributed by atoms with E-state index in [4.69, 9.17) is 0 Å². The van der Waals surface area contributed by atoms with E-state index in [1.807, 2.05) is 6.92 Å². The van der Waals surface area contributed by atoms with E-state index in [0.29, 0.717) is 12.2 Å². The van der Waals surface area contributed by atoms with Crippen molar-refractivity contribution in [1.29, 1.82) is 0 Å². The molecule has 1 aliphatic heterocycles. The van der Waals surface area contributed by atoms with Gasteiger partial charge in [-0.25, -0.2) is 8.42 Å². The predicted octanol–water partition coefficient (Wildman–Crippen LogP) is 0.490. The van der Waals surface area contributed by atoms with Gasteiger partial charge in [-0.15, -0.1) is 0 Å². The summed E-state index contributed by atoms with van der Waals surface area (Å²) in [5.74, 6) is -0.296. The lowest BCUT2D eigenvalue weighted by Crippen LogP contribution is -2.42. The number of aryl methyl sites for hydroxylation is 1. The molecule has 1 aromatic heterocycles. The summed E-state index contributed by atoms with van der Waals surface area (Å²) in [6.07, 6.45) is 2.32. The fourth-order valence-electron chi connectivity index (χ4n) is 3.04. The molecule has 0 aliphatic carbocycles. The largest absolute Gasteiger partial charge is 0.354 e. The number of aromatic nitrogens is 1. The van der Waals surface area contributed by atoms with E-state index in [2.05, 4.69) is 17.1 Å². The Morgan fingerprint density at radius 2 is 2.09 bits per heavy atom. The maximum atomic E-state index is 13.0. The lowest BCUT2D eigenvalue weighted by molar-refractivity contribution is 0.0955. The summed E-state index contributed by atoms with van der Waals surface area (Å²) in [6, 6.07) is 1.36. The van der Waals surface area contributed by atoms with Crippen LogP contribution in [0.4, 0.5) is 0 Å². The van der Waals surface area contributed by atoms with Crippen molar-refractivity contribution < 1.29 is 13.2 Å². The third-order valence-corrected chi connectivity index (χ3v) is 6.34. The van der Waals surface area contributed by atoms with E-state index < -0.39 is 10.0 Å². The highest BCUT2D eigenvalue weighted by Gasteiger charge is 2.33. The maximum absolute atomic E-state index is 13.0. The van der Waals surface area contributed by atoms with Crippen LogP contribution in [-0.4, -0.2) is 67.4 Å². The monoisotopic (exact) mass is 342 g/mol. The molecule has 1 fully saturated rings. The van der Waals surface area contributed by atoms with Gasteiger partial charge >= 0.3 is 0 Å². The van der Waals surface area contributed by atoms with Crippen LogP contribution in [0.2, 0.25) is 0 Å². The van der Waals surface area contributed by atoms with Crippen LogP contribution in [0.25, 0.3) is 0 Å². The summed E-state index contributed by atoms with van der Waals surface area (Å²) >= 11 is 0. The minimum atomic E-state index is -3.60. The van der Waals surface area contributed by atoms with Crippen LogP contribution in [0.5, 0.6) is 0 Å². The zero-order valence-corrected chi connectivity index (χ0v) is 15.1. The van der Waals surface area contributed by atoms with Gasteiger partial charge < -0.3 is 14.8 Å². The van der Waals surface area contributed by atoms with Crippen molar-refractivity contribution in [3.05, 3.63) is 18.0 Å². The molecule has 0 saturated carbocycles. The molecule has 0 bridgehead atoms. The van der Waals surface area contributed by atoms with Crippen molar-refractivity contribution in [2.75, 3.05) is 33.2 Å². The second-order valence-electron chi connectivity index (χ2n) is 5.96. The Bertz CT molecular complexity index is 668. The standard InChI is InChI=1S/C15H26N4O3S/c1-5-18-7-6-8-19(12(2)10-18)23(21,22)13-9-14(15(20)16-3)17(4)11-13/h9,11-12H,5-8,10H2,1-4H3,(H,16,20). The minimum Gasteiger partial charge on any atom is -0.354 e. The van der Waals surface area contributed by atoms with Crippen LogP contribution in [0.3, 0.4) is 0 Å². The summed E-state index contributed by atoms with van der Waals surface area (Å²) in [7, 11) is -0.401. The van der Waals surface area contributed by atoms with E-state index >= 15 is 0 Å². The second kappa shape index (κ2) is 7.02. The molecule has 1 saturated heterocycles. The van der Waals surface area contributed by atoms with Crippen LogP contribution in [0.15, 0.2) is 17.2 Å². The number of sulfonamides is 1. The first-order valence-corrected chi connectivity index (χ1v) is 9.38. The van der Waals surface area contributed by atoms with E-state index in [-0.39, 0.29) is 16.8 Å². The molecular weight excluding hydrogens is 316 g/mol. The number of rotatable bonds is 4. The molecule has 130 valence electrons. The Morgan fingerprint density at radius 3 is 2.70 bits per heavy atom. The highest BCUT2D eigenvalue weighted by Crippen LogP contribution is 2.23. The van der Waals surface area contributed by atoms with Gasteiger partial charge in [0.25, 0.3) is 5.91 Å². The van der Waals surface area contributed by atoms with Crippen LogP contribution in [0.1, 0.15) is 30.8 Å². The molecule has 1 unspecified atom stereocenters. The van der Waals surface area contributed by atoms with Gasteiger partial charge in [0, 0.05) is 39.4 Å². The number of likely N-dealkylation sites (N-methyl/N-ethyl adjacent to an activating group) is 1. The zero-order chi connectivity index (χ0) is 17.2. The van der Waals surface area contributed by atoms with Crippen molar-refractivity contribution in [3.8, 4) is 0 Å². The molecule has 2 heterocycles. The molecule has 0 aromatic carbocycles. The first kappa shape index (κ1) is 18.0. The van der Waals surface area contributed by atoms with Gasteiger partial charge in [-0.2, -0.15) is 4.31 Å². The Morgan fingerprint density at radius 1 is 1.39 bits per heavy atom. The minimum absolute atomic E-state index is 0.0916. The smallest absolute Gasteiger partial charge is 0.267 e. The molecule has 1 aromatic rings. The summed E-state index contributed by atoms with van der Waals surface area (Å²) in [5.41, 5.74) is 0.337. The van der Waals surface area contributed by atoms with Crippen LogP contribution < -0.4 is 5.32 Å². The lowest BCUT2D eigenvalue weighted by Gasteiger charge is -2.27. The molecule has 1 atom stereocenters. The number of hydrogen-bond donors (Lipinski definition) is 1. The molecule has 23 heavy (non-hydrogen) atoms. The zero-order valence-electron chi connectivity index (χ0n) is 14.2. The third kappa shape index (κ3) is 3.59. The highest BCUT2D eigenvalue weighted by atomic mass is 32.2. The van der Waals surface area contributed by atoms with E-state index in [1.165, 1.54) is 19.3 Å².